The fourth-order valence-electron chi connectivity index (χ4n) is 3.03. The minimum Gasteiger partial charge on any atom is -0.467 e. The third-order valence-electron chi connectivity index (χ3n) is 4.63. The second-order valence-electron chi connectivity index (χ2n) is 7.00. The minimum absolute atomic E-state index is 0.0104. The van der Waals surface area contributed by atoms with Crippen molar-refractivity contribution in [2.24, 2.45) is 0 Å². The van der Waals surface area contributed by atoms with Gasteiger partial charge in [-0.3, -0.25) is 0 Å². The minimum atomic E-state index is -1.23. The Balaban J connectivity index is 1.80. The summed E-state index contributed by atoms with van der Waals surface area (Å²) in [4.78, 5) is 25.2. The number of alkyl carbamates (subject to hydrolysis) is 1. The van der Waals surface area contributed by atoms with Gasteiger partial charge in [-0.05, 0) is 29.3 Å². The summed E-state index contributed by atoms with van der Waals surface area (Å²) in [6.07, 6.45) is -1.09. The van der Waals surface area contributed by atoms with Crippen LogP contribution in [0.25, 0.3) is 0 Å². The fraction of sp³-hybridized carbons (Fsp3) is 0.167. The molecule has 1 atom stereocenters. The van der Waals surface area contributed by atoms with Crippen LogP contribution < -0.4 is 11.1 Å². The zero-order valence-electron chi connectivity index (χ0n) is 17.7. The van der Waals surface area contributed by atoms with Gasteiger partial charge in [0, 0.05) is 23.1 Å². The van der Waals surface area contributed by atoms with Gasteiger partial charge in [0.25, 0.3) is 0 Å². The van der Waals surface area contributed by atoms with E-state index in [1.54, 1.807) is 48.5 Å². The third-order valence-corrected chi connectivity index (χ3v) is 5.88. The second-order valence-corrected chi connectivity index (χ2v) is 8.05. The molecule has 6 nitrogen and oxygen atoms in total. The van der Waals surface area contributed by atoms with Gasteiger partial charge in [-0.2, -0.15) is 0 Å². The molecular formula is C24H22F2N2O4S. The van der Waals surface area contributed by atoms with E-state index in [4.69, 9.17) is 15.2 Å². The number of amides is 1. The lowest BCUT2D eigenvalue weighted by Gasteiger charge is -2.19. The lowest BCUT2D eigenvalue weighted by molar-refractivity contribution is -0.143. The summed E-state index contributed by atoms with van der Waals surface area (Å²) in [7, 11) is 1.15. The van der Waals surface area contributed by atoms with Crippen molar-refractivity contribution in [2.45, 2.75) is 28.9 Å². The zero-order chi connectivity index (χ0) is 23.8. The maximum Gasteiger partial charge on any atom is 0.408 e. The smallest absolute Gasteiger partial charge is 0.408 e. The monoisotopic (exact) mass is 472 g/mol. The molecule has 0 heterocycles. The van der Waals surface area contributed by atoms with Crippen LogP contribution in [-0.2, 0) is 27.3 Å². The maximum absolute atomic E-state index is 14.7. The van der Waals surface area contributed by atoms with Crippen molar-refractivity contribution in [3.63, 3.8) is 0 Å². The van der Waals surface area contributed by atoms with Gasteiger partial charge in [0.1, 0.15) is 24.3 Å². The summed E-state index contributed by atoms with van der Waals surface area (Å²) in [6.45, 7) is -0.0104. The number of esters is 1. The fourth-order valence-corrected chi connectivity index (χ4v) is 4.01. The number of hydrogen-bond acceptors (Lipinski definition) is 6. The van der Waals surface area contributed by atoms with Crippen LogP contribution in [0.5, 0.6) is 0 Å². The summed E-state index contributed by atoms with van der Waals surface area (Å²) in [5.74, 6) is -2.41. The topological polar surface area (TPSA) is 90.6 Å². The van der Waals surface area contributed by atoms with E-state index in [0.717, 1.165) is 36.6 Å². The van der Waals surface area contributed by atoms with Crippen molar-refractivity contribution in [3.05, 3.63) is 89.5 Å². The Labute approximate surface area is 194 Å². The Hall–Kier alpha value is -3.59. The molecule has 3 aromatic carbocycles. The Bertz CT molecular complexity index is 1130. The van der Waals surface area contributed by atoms with Gasteiger partial charge in [0.2, 0.25) is 0 Å². The van der Waals surface area contributed by atoms with E-state index in [1.807, 2.05) is 6.07 Å². The van der Waals surface area contributed by atoms with Crippen LogP contribution >= 0.6 is 11.8 Å². The number of nitrogens with one attached hydrogen (secondary N) is 1. The van der Waals surface area contributed by atoms with Gasteiger partial charge in [-0.1, -0.05) is 54.2 Å². The molecule has 0 aliphatic heterocycles. The van der Waals surface area contributed by atoms with Gasteiger partial charge in [0.05, 0.1) is 12.0 Å². The van der Waals surface area contributed by atoms with E-state index < -0.39 is 29.7 Å². The van der Waals surface area contributed by atoms with Crippen molar-refractivity contribution in [2.75, 3.05) is 12.8 Å². The predicted molar refractivity (Wildman–Crippen MR) is 121 cm³/mol. The number of anilines is 1. The number of hydrogen-bond donors (Lipinski definition) is 2. The highest BCUT2D eigenvalue weighted by molar-refractivity contribution is 7.99. The molecule has 33 heavy (non-hydrogen) atoms. The lowest BCUT2D eigenvalue weighted by Crippen LogP contribution is -2.43. The van der Waals surface area contributed by atoms with Crippen LogP contribution in [-0.4, -0.2) is 25.2 Å². The number of benzene rings is 3. The summed E-state index contributed by atoms with van der Waals surface area (Å²) in [6, 6.07) is 16.4. The van der Waals surface area contributed by atoms with Gasteiger partial charge >= 0.3 is 12.1 Å². The average Bonchev–Trinajstić information content (AvgIpc) is 2.80. The van der Waals surface area contributed by atoms with E-state index in [1.165, 1.54) is 0 Å². The normalized spacial score (nSPS) is 11.5. The Morgan fingerprint density at radius 3 is 2.45 bits per heavy atom. The van der Waals surface area contributed by atoms with Gasteiger partial charge in [-0.25, -0.2) is 18.4 Å². The summed E-state index contributed by atoms with van der Waals surface area (Å²) < 4.78 is 38.6. The largest absolute Gasteiger partial charge is 0.467 e. The number of nitrogen functional groups attached to an aromatic ring is 1. The van der Waals surface area contributed by atoms with E-state index in [-0.39, 0.29) is 23.5 Å². The van der Waals surface area contributed by atoms with E-state index in [0.29, 0.717) is 10.6 Å². The standard InChI is InChI=1S/C24H22F2N2O4S/c1-31-23(29)20(28-24(30)32-14-15-7-3-2-4-8-15)12-16-11-17(25)13-18(26)22(16)33-21-10-6-5-9-19(21)27/h2-11,13,20H,12,14,27H2,1H3,(H,28,30)/t20-/m0/s1. The lowest BCUT2D eigenvalue weighted by atomic mass is 10.1. The Morgan fingerprint density at radius 2 is 1.76 bits per heavy atom. The van der Waals surface area contributed by atoms with Gasteiger partial charge in [0.15, 0.2) is 0 Å². The summed E-state index contributed by atoms with van der Waals surface area (Å²) in [5, 5.41) is 2.41. The van der Waals surface area contributed by atoms with Crippen LogP contribution in [0.4, 0.5) is 19.3 Å². The number of carbonyl (C=O) groups is 2. The van der Waals surface area contributed by atoms with E-state index >= 15 is 0 Å². The zero-order valence-corrected chi connectivity index (χ0v) is 18.5. The van der Waals surface area contributed by atoms with Gasteiger partial charge < -0.3 is 20.5 Å². The average molecular weight is 473 g/mol. The molecule has 3 aromatic rings. The molecule has 9 heteroatoms. The van der Waals surface area contributed by atoms with Crippen molar-refractivity contribution >= 4 is 29.5 Å². The molecule has 3 rings (SSSR count). The number of para-hydroxylation sites is 1. The highest BCUT2D eigenvalue weighted by atomic mass is 32.2. The van der Waals surface area contributed by atoms with Crippen molar-refractivity contribution in [1.29, 1.82) is 0 Å². The van der Waals surface area contributed by atoms with Crippen LogP contribution in [0.2, 0.25) is 0 Å². The molecule has 0 fully saturated rings. The molecule has 0 radical (unpaired) electrons. The molecule has 0 unspecified atom stereocenters. The Kier molecular flexibility index (Phi) is 8.26. The molecule has 0 aliphatic carbocycles. The molecule has 3 N–H and O–H groups in total. The SMILES string of the molecule is COC(=O)[C@H](Cc1cc(F)cc(F)c1Sc1ccccc1N)NC(=O)OCc1ccccc1. The quantitative estimate of drug-likeness (QED) is 0.365. The number of nitrogens with two attached hydrogens (primary N) is 1. The van der Waals surface area contributed by atoms with Crippen molar-refractivity contribution < 1.29 is 27.8 Å². The first-order chi connectivity index (χ1) is 15.9. The third kappa shape index (κ3) is 6.69. The number of halogens is 2. The summed E-state index contributed by atoms with van der Waals surface area (Å²) >= 11 is 1.00. The van der Waals surface area contributed by atoms with Crippen LogP contribution in [0, 0.1) is 11.6 Å². The molecule has 0 aliphatic rings. The number of ether oxygens (including phenoxy) is 2. The number of methoxy groups -OCH3 is 1. The highest BCUT2D eigenvalue weighted by Gasteiger charge is 2.26. The van der Waals surface area contributed by atoms with Crippen LogP contribution in [0.3, 0.4) is 0 Å². The predicted octanol–water partition coefficient (Wildman–Crippen LogP) is 4.71. The molecule has 0 spiro atoms. The highest BCUT2D eigenvalue weighted by Crippen LogP contribution is 2.36. The first kappa shape index (κ1) is 24.1. The van der Waals surface area contributed by atoms with Crippen LogP contribution in [0.15, 0.2) is 76.5 Å². The second kappa shape index (κ2) is 11.3. The molecule has 0 saturated heterocycles. The molecule has 0 bridgehead atoms. The van der Waals surface area contributed by atoms with Crippen molar-refractivity contribution in [3.8, 4) is 0 Å². The Morgan fingerprint density at radius 1 is 1.06 bits per heavy atom. The molecule has 0 saturated carbocycles. The molecule has 1 amide bonds. The first-order valence-electron chi connectivity index (χ1n) is 9.92. The van der Waals surface area contributed by atoms with Crippen LogP contribution in [0.1, 0.15) is 11.1 Å². The van der Waals surface area contributed by atoms with Crippen molar-refractivity contribution in [1.82, 2.24) is 5.32 Å². The maximum atomic E-state index is 14.7. The molecule has 0 aromatic heterocycles. The van der Waals surface area contributed by atoms with E-state index in [2.05, 4.69) is 5.32 Å². The molecule has 172 valence electrons. The molecular weight excluding hydrogens is 450 g/mol. The first-order valence-corrected chi connectivity index (χ1v) is 10.7. The van der Waals surface area contributed by atoms with E-state index in [9.17, 15) is 18.4 Å². The summed E-state index contributed by atoms with van der Waals surface area (Å²) in [5.41, 5.74) is 7.30. The number of rotatable bonds is 8. The number of carbonyl (C=O) groups excluding carboxylic acids is 2. The van der Waals surface area contributed by atoms with Gasteiger partial charge in [-0.15, -0.1) is 0 Å².